The molecule has 3 nitrogen and oxygen atoms in total. The van der Waals surface area contributed by atoms with Crippen molar-refractivity contribution in [3.05, 3.63) is 216 Å². The van der Waals surface area contributed by atoms with Crippen molar-refractivity contribution in [1.29, 1.82) is 0 Å². The molecule has 2 N–H and O–H groups in total. The zero-order valence-electron chi connectivity index (χ0n) is 32.0. The fourth-order valence-electron chi connectivity index (χ4n) is 9.55. The van der Waals surface area contributed by atoms with Crippen molar-refractivity contribution >= 4 is 38.2 Å². The first-order valence-electron chi connectivity index (χ1n) is 19.9. The Morgan fingerprint density at radius 3 is 1.95 bits per heavy atom. The van der Waals surface area contributed by atoms with Crippen molar-refractivity contribution in [1.82, 2.24) is 10.6 Å². The molecule has 57 heavy (non-hydrogen) atoms. The van der Waals surface area contributed by atoms with E-state index < -0.39 is 0 Å². The van der Waals surface area contributed by atoms with E-state index >= 15 is 0 Å². The van der Waals surface area contributed by atoms with Crippen LogP contribution in [0.3, 0.4) is 0 Å². The maximum atomic E-state index is 5.53. The molecule has 0 spiro atoms. The minimum Gasteiger partial charge on any atom is -0.350 e. The molecule has 1 heterocycles. The number of fused-ring (bicyclic) bond motifs is 7. The van der Waals surface area contributed by atoms with Gasteiger partial charge in [-0.2, -0.15) is 0 Å². The van der Waals surface area contributed by atoms with E-state index in [1.807, 2.05) is 0 Å². The third-order valence-corrected chi connectivity index (χ3v) is 12.4. The van der Waals surface area contributed by atoms with Gasteiger partial charge < -0.3 is 5.32 Å². The molecule has 0 radical (unpaired) electrons. The van der Waals surface area contributed by atoms with Gasteiger partial charge in [0.15, 0.2) is 0 Å². The predicted octanol–water partition coefficient (Wildman–Crippen LogP) is 13.1. The van der Waals surface area contributed by atoms with Gasteiger partial charge in [-0.25, -0.2) is 4.99 Å². The molecular weight excluding hydrogens is 691 g/mol. The zero-order chi connectivity index (χ0) is 38.1. The molecular formula is C54H41N3. The number of aliphatic imine (C=N–C) groups is 1. The van der Waals surface area contributed by atoms with Crippen LogP contribution >= 0.6 is 0 Å². The minimum absolute atomic E-state index is 0.117. The van der Waals surface area contributed by atoms with Crippen molar-refractivity contribution in [2.75, 3.05) is 0 Å². The highest BCUT2D eigenvalue weighted by Crippen LogP contribution is 2.50. The van der Waals surface area contributed by atoms with Crippen LogP contribution in [0.4, 0.5) is 0 Å². The van der Waals surface area contributed by atoms with E-state index in [0.29, 0.717) is 0 Å². The molecule has 0 fully saturated rings. The Morgan fingerprint density at radius 2 is 1.11 bits per heavy atom. The second kappa shape index (κ2) is 13.2. The van der Waals surface area contributed by atoms with E-state index in [1.54, 1.807) is 0 Å². The summed E-state index contributed by atoms with van der Waals surface area (Å²) in [6, 6.07) is 68.5. The van der Waals surface area contributed by atoms with E-state index in [0.717, 1.165) is 17.0 Å². The van der Waals surface area contributed by atoms with E-state index in [2.05, 4.69) is 213 Å². The van der Waals surface area contributed by atoms with E-state index in [-0.39, 0.29) is 17.7 Å². The quantitative estimate of drug-likeness (QED) is 0.137. The Morgan fingerprint density at radius 1 is 0.456 bits per heavy atom. The van der Waals surface area contributed by atoms with Gasteiger partial charge in [0, 0.05) is 11.0 Å². The van der Waals surface area contributed by atoms with E-state index in [4.69, 9.17) is 4.99 Å². The molecule has 0 bridgehead atoms. The second-order valence-electron chi connectivity index (χ2n) is 16.0. The Kier molecular flexibility index (Phi) is 7.74. The Labute approximate surface area is 333 Å². The number of hydrogen-bond acceptors (Lipinski definition) is 3. The molecule has 272 valence electrons. The lowest BCUT2D eigenvalue weighted by Crippen LogP contribution is -2.45. The van der Waals surface area contributed by atoms with Crippen molar-refractivity contribution in [3.63, 3.8) is 0 Å². The number of benzene rings is 9. The topological polar surface area (TPSA) is 36.4 Å². The van der Waals surface area contributed by atoms with Crippen LogP contribution in [0.25, 0.3) is 65.7 Å². The number of rotatable bonds is 5. The molecule has 1 aliphatic heterocycles. The van der Waals surface area contributed by atoms with E-state index in [9.17, 15) is 0 Å². The molecule has 9 aromatic carbocycles. The molecule has 3 heteroatoms. The first-order valence-corrected chi connectivity index (χ1v) is 19.9. The Bertz CT molecular complexity index is 3050. The Balaban J connectivity index is 1.10. The summed E-state index contributed by atoms with van der Waals surface area (Å²) in [7, 11) is 0. The van der Waals surface area contributed by atoms with Crippen LogP contribution in [0.2, 0.25) is 0 Å². The lowest BCUT2D eigenvalue weighted by molar-refractivity contribution is 0.410. The van der Waals surface area contributed by atoms with E-state index in [1.165, 1.54) is 82.4 Å². The number of hydrogen-bond donors (Lipinski definition) is 2. The highest BCUT2D eigenvalue weighted by Gasteiger charge is 2.38. The van der Waals surface area contributed by atoms with Gasteiger partial charge in [-0.05, 0) is 94.0 Å². The molecule has 2 unspecified atom stereocenters. The van der Waals surface area contributed by atoms with Gasteiger partial charge in [0.2, 0.25) is 0 Å². The maximum Gasteiger partial charge on any atom is 0.132 e. The number of nitrogens with one attached hydrogen (secondary N) is 2. The lowest BCUT2D eigenvalue weighted by atomic mass is 9.82. The maximum absolute atomic E-state index is 5.53. The fourth-order valence-corrected chi connectivity index (χ4v) is 9.55. The summed E-state index contributed by atoms with van der Waals surface area (Å²) in [6.45, 7) is 4.68. The second-order valence-corrected chi connectivity index (χ2v) is 16.0. The molecule has 2 atom stereocenters. The molecule has 0 saturated heterocycles. The first kappa shape index (κ1) is 33.5. The fraction of sp³-hybridized carbons (Fsp3) is 0.0926. The van der Waals surface area contributed by atoms with Gasteiger partial charge in [-0.15, -0.1) is 0 Å². The number of nitrogens with zero attached hydrogens (tertiary/aromatic N) is 1. The predicted molar refractivity (Wildman–Crippen MR) is 239 cm³/mol. The molecule has 0 saturated carbocycles. The molecule has 11 rings (SSSR count). The highest BCUT2D eigenvalue weighted by molar-refractivity contribution is 6.20. The summed E-state index contributed by atoms with van der Waals surface area (Å²) in [6.07, 6.45) is -0.541. The SMILES string of the molecule is CC1(C)c2ccccc2-c2c(C3=NC(c4ccc(-c5ccccc5)cc4)NC(c4ccccc4-c4c5ccccc5cc5c4ccc4ccccc45)N3)cccc21. The summed E-state index contributed by atoms with van der Waals surface area (Å²) in [5.41, 5.74) is 13.4. The van der Waals surface area contributed by atoms with Crippen molar-refractivity contribution in [3.8, 4) is 33.4 Å². The van der Waals surface area contributed by atoms with Crippen LogP contribution in [-0.2, 0) is 5.41 Å². The largest absolute Gasteiger partial charge is 0.350 e. The molecule has 0 amide bonds. The first-order chi connectivity index (χ1) is 28.0. The van der Waals surface area contributed by atoms with Crippen LogP contribution in [0.15, 0.2) is 193 Å². The van der Waals surface area contributed by atoms with Crippen LogP contribution in [0, 0.1) is 0 Å². The van der Waals surface area contributed by atoms with Gasteiger partial charge >= 0.3 is 0 Å². The summed E-state index contributed by atoms with van der Waals surface area (Å²) in [5.74, 6) is 0.892. The molecule has 9 aromatic rings. The van der Waals surface area contributed by atoms with Gasteiger partial charge in [0.25, 0.3) is 0 Å². The zero-order valence-corrected chi connectivity index (χ0v) is 32.0. The molecule has 2 aliphatic rings. The summed E-state index contributed by atoms with van der Waals surface area (Å²) < 4.78 is 0. The van der Waals surface area contributed by atoms with Crippen LogP contribution in [0.5, 0.6) is 0 Å². The summed E-state index contributed by atoms with van der Waals surface area (Å²) in [4.78, 5) is 5.53. The third-order valence-electron chi connectivity index (χ3n) is 12.4. The monoisotopic (exact) mass is 731 g/mol. The molecule has 1 aliphatic carbocycles. The van der Waals surface area contributed by atoms with Crippen LogP contribution in [0.1, 0.15) is 54.0 Å². The summed E-state index contributed by atoms with van der Waals surface area (Å²) >= 11 is 0. The average molecular weight is 732 g/mol. The minimum atomic E-state index is -0.294. The van der Waals surface area contributed by atoms with Gasteiger partial charge in [-0.3, -0.25) is 5.32 Å². The van der Waals surface area contributed by atoms with Crippen molar-refractivity contribution in [2.24, 2.45) is 4.99 Å². The van der Waals surface area contributed by atoms with Gasteiger partial charge in [0.05, 0.1) is 0 Å². The van der Waals surface area contributed by atoms with Gasteiger partial charge in [-0.1, -0.05) is 196 Å². The van der Waals surface area contributed by atoms with Crippen LogP contribution in [-0.4, -0.2) is 5.84 Å². The molecule has 0 aromatic heterocycles. The van der Waals surface area contributed by atoms with Crippen molar-refractivity contribution < 1.29 is 0 Å². The number of amidine groups is 1. The van der Waals surface area contributed by atoms with Crippen molar-refractivity contribution in [2.45, 2.75) is 31.6 Å². The average Bonchev–Trinajstić information content (AvgIpc) is 3.51. The smallest absolute Gasteiger partial charge is 0.132 e. The third kappa shape index (κ3) is 5.42. The highest BCUT2D eigenvalue weighted by atomic mass is 15.3. The lowest BCUT2D eigenvalue weighted by Gasteiger charge is -2.34. The van der Waals surface area contributed by atoms with Gasteiger partial charge in [0.1, 0.15) is 18.2 Å². The summed E-state index contributed by atoms with van der Waals surface area (Å²) in [5, 5.41) is 15.5. The normalized spacial score (nSPS) is 16.9. The standard InChI is InChI=1S/C54H41N3/c1-54(2)47-25-13-12-23-44(47)50-45(24-14-26-48(50)54)53-56-51(37-29-27-35(28-30-37)34-15-4-3-5-16-34)55-52(57-53)43-22-11-10-21-41(43)49-40-20-9-7-18-38(40)33-46-39-19-8-6-17-36(39)31-32-42(46)49/h3-33,51-52,55H,1-2H3,(H,56,57). The Hall–Kier alpha value is -6.81. The van der Waals surface area contributed by atoms with Crippen LogP contribution < -0.4 is 10.6 Å².